The predicted molar refractivity (Wildman–Crippen MR) is 139 cm³/mol. The van der Waals surface area contributed by atoms with Crippen molar-refractivity contribution in [2.75, 3.05) is 52.7 Å². The number of nitrogens with one attached hydrogen (secondary N) is 2. The fraction of sp³-hybridized carbons (Fsp3) is 0.519. The summed E-state index contributed by atoms with van der Waals surface area (Å²) in [5.41, 5.74) is -2.23. The standard InChI is InChI=1S/C27H34F2N2O9/c28-21-17-18-16-20(26(34)40-24(18)22(29)23(21)32)25(33)30-8-10-36-12-14-38-15-13-37-11-9-31-27(35)39-19-6-4-2-1-3-5-7-19/h1-2,16-17,19,32H,3-15H2,(H,30,33)(H,31,35)/b2-1+. The Labute approximate surface area is 229 Å². The second-order valence-corrected chi connectivity index (χ2v) is 8.91. The Hall–Kier alpha value is -3.55. The number of amides is 2. The molecule has 3 rings (SSSR count). The highest BCUT2D eigenvalue weighted by Gasteiger charge is 2.19. The highest BCUT2D eigenvalue weighted by atomic mass is 19.1. The minimum atomic E-state index is -1.42. The molecular weight excluding hydrogens is 534 g/mol. The number of halogens is 2. The number of ether oxygens (including phenoxy) is 4. The summed E-state index contributed by atoms with van der Waals surface area (Å²) < 4.78 is 53.7. The van der Waals surface area contributed by atoms with Crippen LogP contribution in [0.4, 0.5) is 13.6 Å². The molecule has 0 bridgehead atoms. The summed E-state index contributed by atoms with van der Waals surface area (Å²) in [5.74, 6) is -4.75. The number of carbonyl (C=O) groups excluding carboxylic acids is 2. The molecule has 220 valence electrons. The quantitative estimate of drug-likeness (QED) is 0.178. The first-order valence-electron chi connectivity index (χ1n) is 13.1. The van der Waals surface area contributed by atoms with E-state index in [1.54, 1.807) is 0 Å². The molecule has 1 aliphatic rings. The van der Waals surface area contributed by atoms with Crippen LogP contribution in [0.25, 0.3) is 11.0 Å². The molecule has 40 heavy (non-hydrogen) atoms. The molecule has 0 aliphatic heterocycles. The van der Waals surface area contributed by atoms with Crippen molar-refractivity contribution in [2.24, 2.45) is 0 Å². The lowest BCUT2D eigenvalue weighted by Crippen LogP contribution is -2.32. The van der Waals surface area contributed by atoms with Crippen molar-refractivity contribution in [2.45, 2.75) is 38.2 Å². The van der Waals surface area contributed by atoms with Crippen LogP contribution >= 0.6 is 0 Å². The summed E-state index contributed by atoms with van der Waals surface area (Å²) in [6.07, 6.45) is 8.43. The fourth-order valence-electron chi connectivity index (χ4n) is 3.88. The smallest absolute Gasteiger partial charge is 0.407 e. The predicted octanol–water partition coefficient (Wildman–Crippen LogP) is 3.17. The topological polar surface area (TPSA) is 146 Å². The van der Waals surface area contributed by atoms with Gasteiger partial charge in [-0.1, -0.05) is 12.2 Å². The molecule has 0 saturated heterocycles. The van der Waals surface area contributed by atoms with Gasteiger partial charge in [0.2, 0.25) is 5.82 Å². The van der Waals surface area contributed by atoms with Crippen molar-refractivity contribution in [1.29, 1.82) is 0 Å². The molecule has 1 unspecified atom stereocenters. The fourth-order valence-corrected chi connectivity index (χ4v) is 3.88. The third kappa shape index (κ3) is 9.88. The average Bonchev–Trinajstić information content (AvgIpc) is 2.91. The van der Waals surface area contributed by atoms with E-state index in [9.17, 15) is 28.3 Å². The number of aromatic hydroxyl groups is 1. The largest absolute Gasteiger partial charge is 0.503 e. The number of allylic oxidation sites excluding steroid dienone is 2. The summed E-state index contributed by atoms with van der Waals surface area (Å²) in [4.78, 5) is 36.1. The molecule has 2 aromatic rings. The number of rotatable bonds is 14. The lowest BCUT2D eigenvalue weighted by molar-refractivity contribution is 0.0153. The molecule has 3 N–H and O–H groups in total. The first-order valence-corrected chi connectivity index (χ1v) is 13.1. The van der Waals surface area contributed by atoms with E-state index in [1.165, 1.54) is 0 Å². The Kier molecular flexibility index (Phi) is 12.8. The van der Waals surface area contributed by atoms with Crippen LogP contribution in [0, 0.1) is 11.6 Å². The van der Waals surface area contributed by atoms with Crippen molar-refractivity contribution in [3.63, 3.8) is 0 Å². The zero-order valence-electron chi connectivity index (χ0n) is 22.0. The molecule has 1 aromatic carbocycles. The van der Waals surface area contributed by atoms with E-state index in [-0.39, 0.29) is 37.9 Å². The first-order chi connectivity index (χ1) is 19.4. The molecule has 13 heteroatoms. The van der Waals surface area contributed by atoms with Crippen LogP contribution in [0.5, 0.6) is 5.75 Å². The van der Waals surface area contributed by atoms with Gasteiger partial charge in [-0.05, 0) is 44.2 Å². The molecule has 1 aliphatic carbocycles. The van der Waals surface area contributed by atoms with E-state index in [0.29, 0.717) is 26.4 Å². The minimum absolute atomic E-state index is 0.0554. The zero-order chi connectivity index (χ0) is 28.7. The van der Waals surface area contributed by atoms with E-state index in [2.05, 4.69) is 22.8 Å². The van der Waals surface area contributed by atoms with Crippen molar-refractivity contribution >= 4 is 23.0 Å². The van der Waals surface area contributed by atoms with Gasteiger partial charge in [0, 0.05) is 18.5 Å². The van der Waals surface area contributed by atoms with Gasteiger partial charge in [-0.15, -0.1) is 0 Å². The van der Waals surface area contributed by atoms with Crippen molar-refractivity contribution in [3.8, 4) is 5.75 Å². The van der Waals surface area contributed by atoms with Gasteiger partial charge in [-0.25, -0.2) is 14.0 Å². The van der Waals surface area contributed by atoms with Gasteiger partial charge in [-0.2, -0.15) is 4.39 Å². The Balaban J connectivity index is 1.18. The first kappa shape index (κ1) is 31.0. The maximum absolute atomic E-state index is 13.9. The summed E-state index contributed by atoms with van der Waals surface area (Å²) >= 11 is 0. The third-order valence-electron chi connectivity index (χ3n) is 5.92. The number of phenolic OH excluding ortho intramolecular Hbond substituents is 1. The Morgan fingerprint density at radius 1 is 0.925 bits per heavy atom. The van der Waals surface area contributed by atoms with Crippen LogP contribution in [0.1, 0.15) is 42.5 Å². The summed E-state index contributed by atoms with van der Waals surface area (Å²) in [6.45, 7) is 2.05. The SMILES string of the molecule is O=C(NCCOCCOCCOCCNC(=O)c1cc2cc(F)c(O)c(F)c2oc1=O)OC1CC/C=C/CCC1. The maximum Gasteiger partial charge on any atom is 0.407 e. The van der Waals surface area contributed by atoms with Crippen LogP contribution in [-0.4, -0.2) is 75.9 Å². The molecule has 1 atom stereocenters. The Morgan fingerprint density at radius 2 is 1.57 bits per heavy atom. The normalized spacial score (nSPS) is 16.2. The number of fused-ring (bicyclic) bond motifs is 1. The maximum atomic E-state index is 13.9. The highest BCUT2D eigenvalue weighted by molar-refractivity contribution is 5.96. The molecule has 0 fully saturated rings. The average molecular weight is 569 g/mol. The van der Waals surface area contributed by atoms with Crippen molar-refractivity contribution < 1.29 is 46.8 Å². The molecule has 0 saturated carbocycles. The lowest BCUT2D eigenvalue weighted by atomic mass is 10.0. The second kappa shape index (κ2) is 16.5. The van der Waals surface area contributed by atoms with Gasteiger partial charge in [0.05, 0.1) is 39.6 Å². The third-order valence-corrected chi connectivity index (χ3v) is 5.92. The minimum Gasteiger partial charge on any atom is -0.503 e. The summed E-state index contributed by atoms with van der Waals surface area (Å²) in [6, 6.07) is 1.74. The molecule has 0 radical (unpaired) electrons. The second-order valence-electron chi connectivity index (χ2n) is 8.91. The van der Waals surface area contributed by atoms with Gasteiger partial charge in [0.15, 0.2) is 17.1 Å². The zero-order valence-corrected chi connectivity index (χ0v) is 22.0. The Bertz CT molecular complexity index is 1220. The van der Waals surface area contributed by atoms with Gasteiger partial charge < -0.3 is 39.1 Å². The van der Waals surface area contributed by atoms with E-state index in [0.717, 1.165) is 44.2 Å². The molecule has 1 heterocycles. The number of hydrogen-bond donors (Lipinski definition) is 3. The summed E-state index contributed by atoms with van der Waals surface area (Å²) in [7, 11) is 0. The van der Waals surface area contributed by atoms with Gasteiger partial charge in [0.1, 0.15) is 11.7 Å². The number of carbonyl (C=O) groups is 2. The molecule has 11 nitrogen and oxygen atoms in total. The summed E-state index contributed by atoms with van der Waals surface area (Å²) in [5, 5.41) is 14.2. The molecule has 2 amide bonds. The molecule has 0 spiro atoms. The number of hydrogen-bond acceptors (Lipinski definition) is 9. The lowest BCUT2D eigenvalue weighted by Gasteiger charge is -2.18. The number of benzene rings is 1. The van der Waals surface area contributed by atoms with Crippen molar-refractivity contribution in [3.05, 3.63) is 51.9 Å². The van der Waals surface area contributed by atoms with E-state index in [1.807, 2.05) is 0 Å². The van der Waals surface area contributed by atoms with Crippen LogP contribution in [-0.2, 0) is 18.9 Å². The van der Waals surface area contributed by atoms with E-state index in [4.69, 9.17) is 23.4 Å². The van der Waals surface area contributed by atoms with Crippen LogP contribution in [0.15, 0.2) is 33.5 Å². The van der Waals surface area contributed by atoms with Gasteiger partial charge in [-0.3, -0.25) is 4.79 Å². The van der Waals surface area contributed by atoms with Gasteiger partial charge in [0.25, 0.3) is 5.91 Å². The van der Waals surface area contributed by atoms with E-state index >= 15 is 0 Å². The van der Waals surface area contributed by atoms with Gasteiger partial charge >= 0.3 is 11.7 Å². The monoisotopic (exact) mass is 568 g/mol. The van der Waals surface area contributed by atoms with E-state index < -0.39 is 46.2 Å². The highest BCUT2D eigenvalue weighted by Crippen LogP contribution is 2.28. The number of phenols is 1. The number of alkyl carbamates (subject to hydrolysis) is 1. The van der Waals surface area contributed by atoms with Crippen LogP contribution in [0.2, 0.25) is 0 Å². The Morgan fingerprint density at radius 3 is 2.30 bits per heavy atom. The van der Waals surface area contributed by atoms with Crippen LogP contribution in [0.3, 0.4) is 0 Å². The molecule has 1 aromatic heterocycles. The van der Waals surface area contributed by atoms with Crippen LogP contribution < -0.4 is 16.3 Å². The van der Waals surface area contributed by atoms with Crippen molar-refractivity contribution in [1.82, 2.24) is 10.6 Å². The molecular formula is C27H34F2N2O9.